The number of anilines is 1. The van der Waals surface area contributed by atoms with Crippen LogP contribution in [0.2, 0.25) is 0 Å². The van der Waals surface area contributed by atoms with Crippen molar-refractivity contribution in [1.29, 1.82) is 5.26 Å². The third-order valence-corrected chi connectivity index (χ3v) is 6.16. The maximum atomic E-state index is 12.8. The first-order chi connectivity index (χ1) is 14.3. The van der Waals surface area contributed by atoms with Crippen LogP contribution in [0.4, 0.5) is 5.69 Å². The lowest BCUT2D eigenvalue weighted by Crippen LogP contribution is -2.26. The predicted molar refractivity (Wildman–Crippen MR) is 111 cm³/mol. The van der Waals surface area contributed by atoms with E-state index in [-0.39, 0.29) is 16.2 Å². The van der Waals surface area contributed by atoms with Crippen molar-refractivity contribution in [2.75, 3.05) is 18.5 Å². The Morgan fingerprint density at radius 2 is 1.60 bits per heavy atom. The molecule has 0 bridgehead atoms. The van der Waals surface area contributed by atoms with Gasteiger partial charge in [0.15, 0.2) is 0 Å². The van der Waals surface area contributed by atoms with Crippen LogP contribution in [0, 0.1) is 11.3 Å². The van der Waals surface area contributed by atoms with Gasteiger partial charge < -0.3 is 9.47 Å². The van der Waals surface area contributed by atoms with E-state index in [1.54, 1.807) is 30.3 Å². The highest BCUT2D eigenvalue weighted by Crippen LogP contribution is 2.26. The molecular weight excluding hydrogens is 404 g/mol. The molecule has 8 heteroatoms. The van der Waals surface area contributed by atoms with Crippen LogP contribution in [0.3, 0.4) is 0 Å². The van der Waals surface area contributed by atoms with Gasteiger partial charge in [0.2, 0.25) is 0 Å². The Hall–Kier alpha value is -3.83. The summed E-state index contributed by atoms with van der Waals surface area (Å²) in [5, 5.41) is 8.93. The lowest BCUT2D eigenvalue weighted by atomic mass is 10.1. The standard InChI is InChI=1S/C22H18N2O5S/c1-24(30(26,27)21-12-10-19(28-2)11-13-21)18-6-8-20(9-7-18)29-22(25)17-5-3-4-16(14-17)15-23/h3-14H,1-2H3. The Kier molecular flexibility index (Phi) is 6.04. The Morgan fingerprint density at radius 1 is 0.967 bits per heavy atom. The number of sulfonamides is 1. The van der Waals surface area contributed by atoms with Crippen LogP contribution in [0.5, 0.6) is 11.5 Å². The molecule has 0 aliphatic heterocycles. The van der Waals surface area contributed by atoms with E-state index in [0.717, 1.165) is 4.31 Å². The molecule has 0 amide bonds. The van der Waals surface area contributed by atoms with Gasteiger partial charge in [-0.15, -0.1) is 0 Å². The molecular formula is C22H18N2O5S. The number of hydrogen-bond donors (Lipinski definition) is 0. The molecule has 0 atom stereocenters. The first-order valence-corrected chi connectivity index (χ1v) is 10.2. The molecule has 0 aliphatic carbocycles. The van der Waals surface area contributed by atoms with Crippen molar-refractivity contribution in [3.8, 4) is 17.6 Å². The monoisotopic (exact) mass is 422 g/mol. The molecule has 0 radical (unpaired) electrons. The van der Waals surface area contributed by atoms with Gasteiger partial charge in [0.1, 0.15) is 11.5 Å². The largest absolute Gasteiger partial charge is 0.497 e. The summed E-state index contributed by atoms with van der Waals surface area (Å²) >= 11 is 0. The minimum atomic E-state index is -3.76. The van der Waals surface area contributed by atoms with E-state index in [1.165, 1.54) is 56.6 Å². The second kappa shape index (κ2) is 8.68. The molecule has 0 N–H and O–H groups in total. The smallest absolute Gasteiger partial charge is 0.343 e. The number of carbonyl (C=O) groups is 1. The zero-order chi connectivity index (χ0) is 21.7. The van der Waals surface area contributed by atoms with Crippen molar-refractivity contribution >= 4 is 21.7 Å². The molecule has 30 heavy (non-hydrogen) atoms. The van der Waals surface area contributed by atoms with Crippen molar-refractivity contribution in [3.63, 3.8) is 0 Å². The van der Waals surface area contributed by atoms with Crippen LogP contribution in [0.1, 0.15) is 15.9 Å². The van der Waals surface area contributed by atoms with Gasteiger partial charge in [-0.2, -0.15) is 5.26 Å². The van der Waals surface area contributed by atoms with Gasteiger partial charge in [0, 0.05) is 7.05 Å². The summed E-state index contributed by atoms with van der Waals surface area (Å²) in [6.07, 6.45) is 0. The van der Waals surface area contributed by atoms with E-state index in [4.69, 9.17) is 14.7 Å². The second-order valence-corrected chi connectivity index (χ2v) is 8.19. The third kappa shape index (κ3) is 4.42. The molecule has 0 heterocycles. The van der Waals surface area contributed by atoms with Gasteiger partial charge in [-0.3, -0.25) is 4.31 Å². The van der Waals surface area contributed by atoms with Gasteiger partial charge >= 0.3 is 5.97 Å². The molecule has 0 fully saturated rings. The highest BCUT2D eigenvalue weighted by atomic mass is 32.2. The summed E-state index contributed by atoms with van der Waals surface area (Å²) in [7, 11) is -0.822. The number of rotatable bonds is 6. The number of ether oxygens (including phenoxy) is 2. The molecule has 0 saturated heterocycles. The van der Waals surface area contributed by atoms with Crippen LogP contribution >= 0.6 is 0 Å². The Labute approximate surface area is 174 Å². The normalized spacial score (nSPS) is 10.7. The fraction of sp³-hybridized carbons (Fsp3) is 0.0909. The number of nitrogens with zero attached hydrogens (tertiary/aromatic N) is 2. The molecule has 3 aromatic rings. The highest BCUT2D eigenvalue weighted by Gasteiger charge is 2.21. The molecule has 0 saturated carbocycles. The molecule has 0 unspecified atom stereocenters. The minimum absolute atomic E-state index is 0.124. The minimum Gasteiger partial charge on any atom is -0.497 e. The highest BCUT2D eigenvalue weighted by molar-refractivity contribution is 7.92. The number of hydrogen-bond acceptors (Lipinski definition) is 6. The number of benzene rings is 3. The lowest BCUT2D eigenvalue weighted by Gasteiger charge is -2.20. The molecule has 3 aromatic carbocycles. The first-order valence-electron chi connectivity index (χ1n) is 8.80. The summed E-state index contributed by atoms with van der Waals surface area (Å²) in [5.41, 5.74) is 1.000. The number of carbonyl (C=O) groups excluding carboxylic acids is 1. The summed E-state index contributed by atoms with van der Waals surface area (Å²) in [4.78, 5) is 12.4. The van der Waals surface area contributed by atoms with E-state index in [0.29, 0.717) is 17.0 Å². The zero-order valence-electron chi connectivity index (χ0n) is 16.3. The van der Waals surface area contributed by atoms with Gasteiger partial charge in [-0.25, -0.2) is 13.2 Å². The van der Waals surface area contributed by atoms with Crippen molar-refractivity contribution in [1.82, 2.24) is 0 Å². The Bertz CT molecular complexity index is 1200. The van der Waals surface area contributed by atoms with Crippen LogP contribution < -0.4 is 13.8 Å². The zero-order valence-corrected chi connectivity index (χ0v) is 17.1. The second-order valence-electron chi connectivity index (χ2n) is 6.22. The lowest BCUT2D eigenvalue weighted by molar-refractivity contribution is 0.0734. The van der Waals surface area contributed by atoms with Crippen LogP contribution in [-0.2, 0) is 10.0 Å². The first kappa shape index (κ1) is 20.9. The number of nitriles is 1. The molecule has 0 aromatic heterocycles. The quantitative estimate of drug-likeness (QED) is 0.445. The van der Waals surface area contributed by atoms with Crippen LogP contribution in [0.15, 0.2) is 77.7 Å². The maximum Gasteiger partial charge on any atom is 0.343 e. The van der Waals surface area contributed by atoms with Crippen LogP contribution in [0.25, 0.3) is 0 Å². The molecule has 0 aliphatic rings. The molecule has 152 valence electrons. The Balaban J connectivity index is 1.75. The third-order valence-electron chi connectivity index (χ3n) is 4.36. The molecule has 7 nitrogen and oxygen atoms in total. The molecule has 0 spiro atoms. The van der Waals surface area contributed by atoms with E-state index in [2.05, 4.69) is 0 Å². The summed E-state index contributed by atoms with van der Waals surface area (Å²) in [5.74, 6) is 0.198. The molecule has 3 rings (SSSR count). The van der Waals surface area contributed by atoms with Crippen molar-refractivity contribution in [3.05, 3.63) is 83.9 Å². The van der Waals surface area contributed by atoms with Gasteiger partial charge in [-0.1, -0.05) is 6.07 Å². The topological polar surface area (TPSA) is 96.7 Å². The average Bonchev–Trinajstić information content (AvgIpc) is 2.79. The average molecular weight is 422 g/mol. The SMILES string of the molecule is COc1ccc(S(=O)(=O)N(C)c2ccc(OC(=O)c3cccc(C#N)c3)cc2)cc1. The van der Waals surface area contributed by atoms with E-state index < -0.39 is 16.0 Å². The van der Waals surface area contributed by atoms with E-state index in [1.807, 2.05) is 6.07 Å². The summed E-state index contributed by atoms with van der Waals surface area (Å²) in [6, 6.07) is 20.3. The van der Waals surface area contributed by atoms with Crippen molar-refractivity contribution in [2.45, 2.75) is 4.90 Å². The summed E-state index contributed by atoms with van der Waals surface area (Å²) in [6.45, 7) is 0. The van der Waals surface area contributed by atoms with Crippen molar-refractivity contribution < 1.29 is 22.7 Å². The summed E-state index contributed by atoms with van der Waals surface area (Å²) < 4.78 is 37.1. The van der Waals surface area contributed by atoms with Gasteiger partial charge in [0.25, 0.3) is 10.0 Å². The van der Waals surface area contributed by atoms with Crippen molar-refractivity contribution in [2.24, 2.45) is 0 Å². The van der Waals surface area contributed by atoms with E-state index in [9.17, 15) is 13.2 Å². The predicted octanol–water partition coefficient (Wildman–Crippen LogP) is 3.61. The number of esters is 1. The fourth-order valence-electron chi connectivity index (χ4n) is 2.65. The fourth-order valence-corrected chi connectivity index (χ4v) is 3.85. The van der Waals surface area contributed by atoms with Gasteiger partial charge in [-0.05, 0) is 66.7 Å². The van der Waals surface area contributed by atoms with Crippen LogP contribution in [-0.4, -0.2) is 28.5 Å². The maximum absolute atomic E-state index is 12.8. The van der Waals surface area contributed by atoms with E-state index >= 15 is 0 Å². The Morgan fingerprint density at radius 3 is 2.20 bits per heavy atom. The number of methoxy groups -OCH3 is 1. The van der Waals surface area contributed by atoms with Gasteiger partial charge in [0.05, 0.1) is 34.9 Å².